The fourth-order valence-electron chi connectivity index (χ4n) is 6.80. The molecule has 0 saturated heterocycles. The second-order valence-corrected chi connectivity index (χ2v) is 13.4. The number of hydrogen-bond acceptors (Lipinski definition) is 6. The number of aryl methyl sites for hydroxylation is 1. The van der Waals surface area contributed by atoms with Crippen molar-refractivity contribution in [2.45, 2.75) is 70.2 Å². The van der Waals surface area contributed by atoms with Crippen LogP contribution in [0.25, 0.3) is 43.9 Å². The molecule has 2 saturated carbocycles. The number of halogens is 3. The fourth-order valence-corrected chi connectivity index (χ4v) is 7.53. The van der Waals surface area contributed by atoms with Crippen molar-refractivity contribution in [2.75, 3.05) is 4.93 Å². The SMILES string of the molecule is C.CI.Cn1c(=O)n(C2CCC(O)C2)c2c3cc(Br)ccc3ncc21.O=c1[nH]c2cnc3ccc(Br)cc3c2n1C1CCC(O)C1. The molecule has 3 N–H and O–H groups in total. The molecule has 2 fully saturated rings. The maximum absolute atomic E-state index is 12.7. The van der Waals surface area contributed by atoms with Gasteiger partial charge in [-0.25, -0.2) is 9.59 Å². The van der Waals surface area contributed by atoms with Gasteiger partial charge in [-0.05, 0) is 79.9 Å². The van der Waals surface area contributed by atoms with Crippen LogP contribution in [-0.4, -0.2) is 56.0 Å². The number of alkyl halides is 1. The van der Waals surface area contributed by atoms with E-state index in [-0.39, 0.29) is 43.1 Å². The number of aliphatic hydroxyl groups excluding tert-OH is 2. The Hall–Kier alpha value is -2.59. The van der Waals surface area contributed by atoms with Crippen molar-refractivity contribution in [2.24, 2.45) is 7.05 Å². The van der Waals surface area contributed by atoms with E-state index in [0.29, 0.717) is 12.8 Å². The molecule has 4 unspecified atom stereocenters. The number of aromatic nitrogens is 6. The fraction of sp³-hybridized carbons (Fsp3) is 0.394. The first-order valence-electron chi connectivity index (χ1n) is 14.8. The highest BCUT2D eigenvalue weighted by Crippen LogP contribution is 2.35. The molecule has 0 spiro atoms. The minimum absolute atomic E-state index is 0. The zero-order valence-electron chi connectivity index (χ0n) is 24.8. The number of hydrogen-bond donors (Lipinski definition) is 3. The van der Waals surface area contributed by atoms with Gasteiger partial charge < -0.3 is 15.2 Å². The van der Waals surface area contributed by atoms with Gasteiger partial charge in [-0.1, -0.05) is 61.9 Å². The average Bonchev–Trinajstić information content (AvgIpc) is 3.80. The van der Waals surface area contributed by atoms with Gasteiger partial charge in [0.2, 0.25) is 0 Å². The lowest BCUT2D eigenvalue weighted by molar-refractivity contribution is 0.177. The van der Waals surface area contributed by atoms with E-state index >= 15 is 0 Å². The molecule has 13 heteroatoms. The largest absolute Gasteiger partial charge is 0.393 e. The smallest absolute Gasteiger partial charge is 0.329 e. The number of aromatic amines is 1. The zero-order valence-corrected chi connectivity index (χ0v) is 30.1. The molecule has 244 valence electrons. The van der Waals surface area contributed by atoms with Crippen molar-refractivity contribution >= 4 is 98.3 Å². The molecule has 2 aliphatic carbocycles. The van der Waals surface area contributed by atoms with Crippen molar-refractivity contribution in [3.63, 3.8) is 0 Å². The number of pyridine rings is 2. The van der Waals surface area contributed by atoms with Crippen molar-refractivity contribution in [3.8, 4) is 0 Å². The highest BCUT2D eigenvalue weighted by Gasteiger charge is 2.29. The molecule has 0 bridgehead atoms. The summed E-state index contributed by atoms with van der Waals surface area (Å²) >= 11 is 9.13. The van der Waals surface area contributed by atoms with E-state index in [0.717, 1.165) is 78.5 Å². The van der Waals surface area contributed by atoms with Crippen LogP contribution in [0.5, 0.6) is 0 Å². The summed E-state index contributed by atoms with van der Waals surface area (Å²) in [5.74, 6) is 0. The van der Waals surface area contributed by atoms with Crippen LogP contribution in [0.4, 0.5) is 0 Å². The number of H-pyrrole nitrogens is 1. The molecule has 4 atom stereocenters. The summed E-state index contributed by atoms with van der Waals surface area (Å²) in [5.41, 5.74) is 4.93. The summed E-state index contributed by atoms with van der Waals surface area (Å²) in [6.45, 7) is 0. The van der Waals surface area contributed by atoms with Crippen LogP contribution in [-0.2, 0) is 7.05 Å². The van der Waals surface area contributed by atoms with Gasteiger partial charge in [-0.2, -0.15) is 0 Å². The van der Waals surface area contributed by atoms with Gasteiger partial charge in [-0.15, -0.1) is 0 Å². The van der Waals surface area contributed by atoms with E-state index < -0.39 is 0 Å². The predicted molar refractivity (Wildman–Crippen MR) is 200 cm³/mol. The van der Waals surface area contributed by atoms with Gasteiger partial charge in [0.25, 0.3) is 0 Å². The Morgan fingerprint density at radius 1 is 0.804 bits per heavy atom. The minimum Gasteiger partial charge on any atom is -0.393 e. The first kappa shape index (κ1) is 34.7. The summed E-state index contributed by atoms with van der Waals surface area (Å²) in [4.78, 5) is 38.8. The van der Waals surface area contributed by atoms with E-state index in [1.54, 1.807) is 28.6 Å². The summed E-state index contributed by atoms with van der Waals surface area (Å²) in [6, 6.07) is 11.9. The Morgan fingerprint density at radius 2 is 1.33 bits per heavy atom. The van der Waals surface area contributed by atoms with Crippen LogP contribution >= 0.6 is 54.5 Å². The lowest BCUT2D eigenvalue weighted by Crippen LogP contribution is -2.25. The van der Waals surface area contributed by atoms with Crippen LogP contribution in [0.1, 0.15) is 58.0 Å². The molecular weight excluding hydrogens is 831 g/mol. The first-order chi connectivity index (χ1) is 21.7. The molecule has 10 nitrogen and oxygen atoms in total. The Bertz CT molecular complexity index is 2160. The number of rotatable bonds is 2. The third-order valence-electron chi connectivity index (χ3n) is 8.87. The van der Waals surface area contributed by atoms with Crippen molar-refractivity contribution in [3.05, 3.63) is 78.7 Å². The first-order valence-corrected chi connectivity index (χ1v) is 18.5. The van der Waals surface area contributed by atoms with E-state index in [1.807, 2.05) is 45.9 Å². The average molecular weight is 868 g/mol. The van der Waals surface area contributed by atoms with Gasteiger partial charge in [-0.3, -0.25) is 23.7 Å². The Balaban J connectivity index is 0.000000169. The summed E-state index contributed by atoms with van der Waals surface area (Å²) in [7, 11) is 1.78. The molecule has 0 aliphatic heterocycles. The topological polar surface area (TPSA) is 131 Å². The van der Waals surface area contributed by atoms with Crippen LogP contribution in [0.2, 0.25) is 0 Å². The molecule has 2 aliphatic rings. The van der Waals surface area contributed by atoms with E-state index in [1.165, 1.54) is 0 Å². The van der Waals surface area contributed by atoms with Crippen molar-refractivity contribution in [1.29, 1.82) is 0 Å². The molecule has 0 radical (unpaired) electrons. The Labute approximate surface area is 296 Å². The summed E-state index contributed by atoms with van der Waals surface area (Å²) in [5, 5.41) is 21.5. The number of benzene rings is 2. The highest BCUT2D eigenvalue weighted by atomic mass is 127. The molecule has 6 aromatic rings. The number of imidazole rings is 2. The number of nitrogens with one attached hydrogen (secondary N) is 1. The number of fused-ring (bicyclic) bond motifs is 6. The third kappa shape index (κ3) is 6.32. The van der Waals surface area contributed by atoms with Gasteiger partial charge in [0, 0.05) is 38.8 Å². The van der Waals surface area contributed by atoms with Crippen LogP contribution in [0.15, 0.2) is 67.3 Å². The predicted octanol–water partition coefficient (Wildman–Crippen LogP) is 7.15. The van der Waals surface area contributed by atoms with E-state index in [4.69, 9.17) is 0 Å². The van der Waals surface area contributed by atoms with Crippen LogP contribution in [0, 0.1) is 0 Å². The second-order valence-electron chi connectivity index (χ2n) is 11.6. The van der Waals surface area contributed by atoms with E-state index in [9.17, 15) is 19.8 Å². The number of aliphatic hydroxyl groups is 2. The standard InChI is InChI=1S/C16H16BrN3O2.C15H14BrN3O2.CH3I.CH4/c1-19-14-8-18-13-5-2-9(17)6-12(13)15(14)20(16(19)22)10-3-4-11(21)7-10;16-8-1-4-12-11(5-8)14-13(7-17-12)18-15(21)19(14)9-2-3-10(20)6-9;1-2;/h2,5-6,8,10-11,21H,3-4,7H2,1H3;1,4-5,7,9-10,20H,2-3,6H2,(H,18,21);1H3;1H4. The molecule has 2 aromatic carbocycles. The highest BCUT2D eigenvalue weighted by molar-refractivity contribution is 14.1. The molecule has 8 rings (SSSR count). The molecule has 0 amide bonds. The lowest BCUT2D eigenvalue weighted by Gasteiger charge is -2.13. The maximum atomic E-state index is 12.7. The number of nitrogens with zero attached hydrogens (tertiary/aromatic N) is 5. The van der Waals surface area contributed by atoms with Crippen LogP contribution in [0.3, 0.4) is 0 Å². The van der Waals surface area contributed by atoms with Crippen LogP contribution < -0.4 is 11.4 Å². The maximum Gasteiger partial charge on any atom is 0.329 e. The van der Waals surface area contributed by atoms with Gasteiger partial charge in [0.15, 0.2) is 0 Å². The quantitative estimate of drug-likeness (QED) is 0.125. The normalized spacial score (nSPS) is 20.8. The Kier molecular flexibility index (Phi) is 10.8. The molecule has 4 heterocycles. The third-order valence-corrected chi connectivity index (χ3v) is 9.85. The molecule has 46 heavy (non-hydrogen) atoms. The Morgan fingerprint density at radius 3 is 1.87 bits per heavy atom. The van der Waals surface area contributed by atoms with Gasteiger partial charge in [0.05, 0.1) is 57.7 Å². The van der Waals surface area contributed by atoms with Gasteiger partial charge in [0.1, 0.15) is 0 Å². The minimum atomic E-state index is -0.313. The monoisotopic (exact) mass is 866 g/mol. The molecular formula is C33H37Br2IN6O4. The van der Waals surface area contributed by atoms with E-state index in [2.05, 4.69) is 69.4 Å². The second kappa shape index (κ2) is 14.3. The zero-order chi connectivity index (χ0) is 32.0. The van der Waals surface area contributed by atoms with Crippen molar-refractivity contribution < 1.29 is 10.2 Å². The van der Waals surface area contributed by atoms with Crippen molar-refractivity contribution in [1.82, 2.24) is 28.7 Å². The van der Waals surface area contributed by atoms with Gasteiger partial charge >= 0.3 is 11.4 Å². The summed E-state index contributed by atoms with van der Waals surface area (Å²) < 4.78 is 7.21. The summed E-state index contributed by atoms with van der Waals surface area (Å²) in [6.07, 6.45) is 7.25. The molecule has 4 aromatic heterocycles. The lowest BCUT2D eigenvalue weighted by atomic mass is 10.1.